The molecule has 144 valence electrons. The van der Waals surface area contributed by atoms with Crippen LogP contribution >= 0.6 is 0 Å². The van der Waals surface area contributed by atoms with Crippen molar-refractivity contribution < 1.29 is 18.7 Å². The molecular weight excluding hydrogens is 346 g/mol. The van der Waals surface area contributed by atoms with Crippen LogP contribution in [0.5, 0.6) is 6.01 Å². The molecule has 2 saturated heterocycles. The Labute approximate surface area is 158 Å². The van der Waals surface area contributed by atoms with E-state index < -0.39 is 0 Å². The molecule has 7 heteroatoms. The summed E-state index contributed by atoms with van der Waals surface area (Å²) in [6, 6.07) is 4.08. The van der Waals surface area contributed by atoms with Crippen molar-refractivity contribution in [3.05, 3.63) is 41.1 Å². The normalized spacial score (nSPS) is 24.3. The van der Waals surface area contributed by atoms with Crippen molar-refractivity contribution >= 4 is 5.91 Å². The molecule has 2 aromatic heterocycles. The molecule has 27 heavy (non-hydrogen) atoms. The quantitative estimate of drug-likeness (QED) is 0.804. The standard InChI is InChI=1S/C20H25N3O4/c1-12-4-6-21-20(22-12)25-7-5-15-11-26-18-10-23(9-17(15)18)19(24)16-8-13(2)27-14(16)3/h4,6,8,15,17-18H,5,7,9-11H2,1-3H3/t15-,17-,18-/m0/s1. The number of aromatic nitrogens is 2. The van der Waals surface area contributed by atoms with Crippen LogP contribution in [0.2, 0.25) is 0 Å². The Kier molecular flexibility index (Phi) is 4.86. The Bertz CT molecular complexity index is 834. The van der Waals surface area contributed by atoms with Gasteiger partial charge in [-0.1, -0.05) is 0 Å². The predicted molar refractivity (Wildman–Crippen MR) is 97.7 cm³/mol. The van der Waals surface area contributed by atoms with E-state index in [-0.39, 0.29) is 12.0 Å². The van der Waals surface area contributed by atoms with E-state index in [9.17, 15) is 4.79 Å². The largest absolute Gasteiger partial charge is 0.466 e. The number of rotatable bonds is 5. The number of aryl methyl sites for hydroxylation is 3. The Morgan fingerprint density at radius 2 is 2.19 bits per heavy atom. The molecule has 0 N–H and O–H groups in total. The summed E-state index contributed by atoms with van der Waals surface area (Å²) < 4.78 is 17.2. The first-order valence-corrected chi connectivity index (χ1v) is 9.41. The summed E-state index contributed by atoms with van der Waals surface area (Å²) in [5.74, 6) is 2.21. The van der Waals surface area contributed by atoms with E-state index >= 15 is 0 Å². The predicted octanol–water partition coefficient (Wildman–Crippen LogP) is 2.55. The lowest BCUT2D eigenvalue weighted by Gasteiger charge is -2.19. The smallest absolute Gasteiger partial charge is 0.316 e. The molecule has 3 atom stereocenters. The van der Waals surface area contributed by atoms with Gasteiger partial charge in [0.1, 0.15) is 11.5 Å². The molecule has 4 heterocycles. The van der Waals surface area contributed by atoms with E-state index in [4.69, 9.17) is 13.9 Å². The van der Waals surface area contributed by atoms with Gasteiger partial charge < -0.3 is 18.8 Å². The third-order valence-corrected chi connectivity index (χ3v) is 5.49. The van der Waals surface area contributed by atoms with E-state index in [1.807, 2.05) is 37.8 Å². The lowest BCUT2D eigenvalue weighted by molar-refractivity contribution is 0.0670. The molecular formula is C20H25N3O4. The Morgan fingerprint density at radius 3 is 2.93 bits per heavy atom. The Hall–Kier alpha value is -2.41. The molecule has 1 amide bonds. The number of likely N-dealkylation sites (tertiary alicyclic amines) is 1. The van der Waals surface area contributed by atoms with Crippen LogP contribution in [0.3, 0.4) is 0 Å². The van der Waals surface area contributed by atoms with Gasteiger partial charge in [0.15, 0.2) is 0 Å². The van der Waals surface area contributed by atoms with Crippen molar-refractivity contribution in [3.8, 4) is 6.01 Å². The van der Waals surface area contributed by atoms with Gasteiger partial charge in [0, 0.05) is 30.9 Å². The highest BCUT2D eigenvalue weighted by Crippen LogP contribution is 2.36. The average molecular weight is 371 g/mol. The second-order valence-electron chi connectivity index (χ2n) is 7.45. The first-order chi connectivity index (χ1) is 13.0. The number of ether oxygens (including phenoxy) is 2. The Morgan fingerprint density at radius 1 is 1.33 bits per heavy atom. The van der Waals surface area contributed by atoms with Gasteiger partial charge in [0.2, 0.25) is 0 Å². The van der Waals surface area contributed by atoms with Crippen LogP contribution in [0.25, 0.3) is 0 Å². The molecule has 0 aliphatic carbocycles. The monoisotopic (exact) mass is 371 g/mol. The molecule has 0 radical (unpaired) electrons. The van der Waals surface area contributed by atoms with Gasteiger partial charge in [-0.2, -0.15) is 0 Å². The number of fused-ring (bicyclic) bond motifs is 1. The number of amides is 1. The van der Waals surface area contributed by atoms with E-state index in [0.29, 0.717) is 42.3 Å². The number of carbonyl (C=O) groups excluding carboxylic acids is 1. The zero-order chi connectivity index (χ0) is 19.0. The van der Waals surface area contributed by atoms with Gasteiger partial charge in [-0.25, -0.2) is 9.97 Å². The third-order valence-electron chi connectivity index (χ3n) is 5.49. The van der Waals surface area contributed by atoms with Crippen molar-refractivity contribution in [1.29, 1.82) is 0 Å². The molecule has 0 saturated carbocycles. The molecule has 2 fully saturated rings. The fourth-order valence-corrected chi connectivity index (χ4v) is 4.07. The molecule has 4 rings (SSSR count). The summed E-state index contributed by atoms with van der Waals surface area (Å²) in [7, 11) is 0. The number of carbonyl (C=O) groups is 1. The average Bonchev–Trinajstić information content (AvgIpc) is 3.29. The summed E-state index contributed by atoms with van der Waals surface area (Å²) in [5.41, 5.74) is 1.54. The summed E-state index contributed by atoms with van der Waals surface area (Å²) in [4.78, 5) is 23.1. The molecule has 7 nitrogen and oxygen atoms in total. The second-order valence-corrected chi connectivity index (χ2v) is 7.45. The van der Waals surface area contributed by atoms with Crippen LogP contribution in [0.4, 0.5) is 0 Å². The van der Waals surface area contributed by atoms with Gasteiger partial charge in [0.25, 0.3) is 5.91 Å². The molecule has 0 aromatic carbocycles. The van der Waals surface area contributed by atoms with Gasteiger partial charge >= 0.3 is 6.01 Å². The SMILES string of the molecule is Cc1ccnc(OCC[C@H]2CO[C@H]3CN(C(=O)c4cc(C)oc4C)C[C@@H]23)n1. The zero-order valence-electron chi connectivity index (χ0n) is 16.0. The maximum absolute atomic E-state index is 12.8. The van der Waals surface area contributed by atoms with E-state index in [2.05, 4.69) is 9.97 Å². The fraction of sp³-hybridized carbons (Fsp3) is 0.550. The molecule has 0 spiro atoms. The maximum atomic E-state index is 12.8. The van der Waals surface area contributed by atoms with Gasteiger partial charge in [0.05, 0.1) is 24.9 Å². The van der Waals surface area contributed by atoms with E-state index in [1.165, 1.54) is 0 Å². The molecule has 2 aromatic rings. The van der Waals surface area contributed by atoms with Gasteiger partial charge in [-0.05, 0) is 45.2 Å². The van der Waals surface area contributed by atoms with E-state index in [0.717, 1.165) is 31.0 Å². The second kappa shape index (κ2) is 7.31. The zero-order valence-corrected chi connectivity index (χ0v) is 16.0. The first kappa shape index (κ1) is 18.0. The third kappa shape index (κ3) is 3.69. The highest BCUT2D eigenvalue weighted by molar-refractivity contribution is 5.95. The minimum Gasteiger partial charge on any atom is -0.466 e. The molecule has 2 aliphatic rings. The number of hydrogen-bond acceptors (Lipinski definition) is 6. The van der Waals surface area contributed by atoms with Crippen LogP contribution in [0.1, 0.15) is 34.0 Å². The number of nitrogens with zero attached hydrogens (tertiary/aromatic N) is 3. The summed E-state index contributed by atoms with van der Waals surface area (Å²) >= 11 is 0. The van der Waals surface area contributed by atoms with Crippen LogP contribution in [-0.2, 0) is 4.74 Å². The molecule has 2 aliphatic heterocycles. The van der Waals surface area contributed by atoms with Crippen LogP contribution < -0.4 is 4.74 Å². The molecule has 0 bridgehead atoms. The van der Waals surface area contributed by atoms with Gasteiger partial charge in [-0.15, -0.1) is 0 Å². The van der Waals surface area contributed by atoms with Gasteiger partial charge in [-0.3, -0.25) is 4.79 Å². The van der Waals surface area contributed by atoms with Crippen LogP contribution in [0.15, 0.2) is 22.7 Å². The van der Waals surface area contributed by atoms with Crippen molar-refractivity contribution in [2.75, 3.05) is 26.3 Å². The summed E-state index contributed by atoms with van der Waals surface area (Å²) in [5, 5.41) is 0. The van der Waals surface area contributed by atoms with E-state index in [1.54, 1.807) is 6.20 Å². The van der Waals surface area contributed by atoms with Crippen molar-refractivity contribution in [2.45, 2.75) is 33.3 Å². The number of hydrogen-bond donors (Lipinski definition) is 0. The summed E-state index contributed by atoms with van der Waals surface area (Å²) in [6.45, 7) is 8.25. The maximum Gasteiger partial charge on any atom is 0.316 e. The van der Waals surface area contributed by atoms with Crippen molar-refractivity contribution in [3.63, 3.8) is 0 Å². The number of furan rings is 1. The van der Waals surface area contributed by atoms with Crippen molar-refractivity contribution in [2.24, 2.45) is 11.8 Å². The topological polar surface area (TPSA) is 77.7 Å². The molecule has 0 unspecified atom stereocenters. The highest BCUT2D eigenvalue weighted by Gasteiger charge is 2.45. The first-order valence-electron chi connectivity index (χ1n) is 9.41. The fourth-order valence-electron chi connectivity index (χ4n) is 4.07. The minimum absolute atomic E-state index is 0.0329. The van der Waals surface area contributed by atoms with Crippen LogP contribution in [-0.4, -0.2) is 53.2 Å². The minimum atomic E-state index is 0.0329. The summed E-state index contributed by atoms with van der Waals surface area (Å²) in [6.07, 6.45) is 2.68. The lowest BCUT2D eigenvalue weighted by atomic mass is 9.91. The Balaban J connectivity index is 1.33. The van der Waals surface area contributed by atoms with Crippen LogP contribution in [0, 0.1) is 32.6 Å². The lowest BCUT2D eigenvalue weighted by Crippen LogP contribution is -2.31. The van der Waals surface area contributed by atoms with Crippen molar-refractivity contribution in [1.82, 2.24) is 14.9 Å². The highest BCUT2D eigenvalue weighted by atomic mass is 16.5.